The van der Waals surface area contributed by atoms with Crippen molar-refractivity contribution in [2.75, 3.05) is 17.6 Å². The molecule has 0 unspecified atom stereocenters. The van der Waals surface area contributed by atoms with Crippen LogP contribution in [0.1, 0.15) is 36.2 Å². The molecule has 0 bridgehead atoms. The summed E-state index contributed by atoms with van der Waals surface area (Å²) in [5.74, 6) is -0.610. The molecule has 188 valence electrons. The molecule has 3 aromatic rings. The maximum absolute atomic E-state index is 11.4. The SMILES string of the molecule is CC(C)(c1ccc(OCc2ccnc(NS(C)(=O)=O)n2)cc1)c1cc(Cl)c(OCC(=O)O)c(C#N)c1. The van der Waals surface area contributed by atoms with Crippen molar-refractivity contribution < 1.29 is 27.8 Å². The van der Waals surface area contributed by atoms with Gasteiger partial charge >= 0.3 is 5.97 Å². The minimum absolute atomic E-state index is 0.0319. The Hall–Kier alpha value is -3.88. The van der Waals surface area contributed by atoms with Crippen LogP contribution in [0.4, 0.5) is 5.95 Å². The van der Waals surface area contributed by atoms with Crippen LogP contribution in [0.15, 0.2) is 48.7 Å². The van der Waals surface area contributed by atoms with Crippen LogP contribution in [0, 0.1) is 11.3 Å². The zero-order valence-corrected chi connectivity index (χ0v) is 21.2. The van der Waals surface area contributed by atoms with E-state index < -0.39 is 28.0 Å². The summed E-state index contributed by atoms with van der Waals surface area (Å²) in [6.45, 7) is 3.42. The van der Waals surface area contributed by atoms with Gasteiger partial charge in [0, 0.05) is 11.6 Å². The van der Waals surface area contributed by atoms with E-state index >= 15 is 0 Å². The molecular formula is C24H23ClN4O6S. The Kier molecular flexibility index (Phi) is 8.02. The van der Waals surface area contributed by atoms with Gasteiger partial charge in [-0.05, 0) is 41.5 Å². The molecule has 12 heteroatoms. The number of aromatic nitrogens is 2. The molecule has 0 aliphatic rings. The third-order valence-electron chi connectivity index (χ3n) is 5.18. The molecule has 0 saturated heterocycles. The van der Waals surface area contributed by atoms with E-state index in [0.717, 1.165) is 17.4 Å². The summed E-state index contributed by atoms with van der Waals surface area (Å²) in [5.41, 5.74) is 1.73. The zero-order chi connectivity index (χ0) is 26.5. The van der Waals surface area contributed by atoms with Crippen molar-refractivity contribution in [3.8, 4) is 17.6 Å². The van der Waals surface area contributed by atoms with E-state index in [1.54, 1.807) is 30.3 Å². The van der Waals surface area contributed by atoms with Crippen molar-refractivity contribution in [1.82, 2.24) is 9.97 Å². The third kappa shape index (κ3) is 6.84. The van der Waals surface area contributed by atoms with Crippen LogP contribution in [0.5, 0.6) is 11.5 Å². The monoisotopic (exact) mass is 530 g/mol. The number of benzene rings is 2. The van der Waals surface area contributed by atoms with Crippen molar-refractivity contribution in [2.24, 2.45) is 0 Å². The van der Waals surface area contributed by atoms with Crippen molar-refractivity contribution >= 4 is 33.5 Å². The third-order valence-corrected chi connectivity index (χ3v) is 6.01. The predicted molar refractivity (Wildman–Crippen MR) is 133 cm³/mol. The Bertz CT molecular complexity index is 1420. The molecule has 0 spiro atoms. The Balaban J connectivity index is 1.76. The highest BCUT2D eigenvalue weighted by molar-refractivity contribution is 7.91. The molecule has 3 rings (SSSR count). The van der Waals surface area contributed by atoms with Gasteiger partial charge in [-0.3, -0.25) is 4.72 Å². The molecule has 2 aromatic carbocycles. The van der Waals surface area contributed by atoms with Gasteiger partial charge in [0.25, 0.3) is 0 Å². The second-order valence-corrected chi connectivity index (χ2v) is 10.5. The number of nitriles is 1. The fraction of sp³-hybridized carbons (Fsp3) is 0.250. The second kappa shape index (κ2) is 10.8. The molecule has 2 N–H and O–H groups in total. The molecular weight excluding hydrogens is 508 g/mol. The number of hydrogen-bond donors (Lipinski definition) is 2. The molecule has 36 heavy (non-hydrogen) atoms. The number of anilines is 1. The highest BCUT2D eigenvalue weighted by atomic mass is 35.5. The molecule has 1 aromatic heterocycles. The van der Waals surface area contributed by atoms with E-state index in [2.05, 4.69) is 14.7 Å². The number of rotatable bonds is 10. The standard InChI is InChI=1S/C24H23ClN4O6S/c1-24(2,17-10-15(12-26)22(20(25)11-17)35-14-21(30)31)16-4-6-19(7-5-16)34-13-18-8-9-27-23(28-18)29-36(3,32)33/h4-11H,13-14H2,1-3H3,(H,30,31)(H,27,28,29). The molecule has 0 radical (unpaired) electrons. The Morgan fingerprint density at radius 1 is 1.17 bits per heavy atom. The smallest absolute Gasteiger partial charge is 0.341 e. The topological polar surface area (TPSA) is 152 Å². The van der Waals surface area contributed by atoms with Crippen molar-refractivity contribution in [1.29, 1.82) is 5.26 Å². The number of nitrogens with one attached hydrogen (secondary N) is 1. The van der Waals surface area contributed by atoms with Crippen LogP contribution in [-0.4, -0.2) is 42.3 Å². The zero-order valence-electron chi connectivity index (χ0n) is 19.6. The molecule has 0 amide bonds. The van der Waals surface area contributed by atoms with Gasteiger partial charge in [0.05, 0.1) is 22.5 Å². The number of carboxylic acids is 1. The summed E-state index contributed by atoms with van der Waals surface area (Å²) >= 11 is 6.32. The van der Waals surface area contributed by atoms with E-state index in [9.17, 15) is 18.5 Å². The van der Waals surface area contributed by atoms with E-state index in [1.807, 2.05) is 32.0 Å². The normalized spacial score (nSPS) is 11.4. The summed E-state index contributed by atoms with van der Waals surface area (Å²) in [4.78, 5) is 18.8. The van der Waals surface area contributed by atoms with Gasteiger partial charge in [-0.15, -0.1) is 0 Å². The summed E-state index contributed by atoms with van der Waals surface area (Å²) in [5, 5.41) is 18.5. The fourth-order valence-electron chi connectivity index (χ4n) is 3.30. The first-order valence-electron chi connectivity index (χ1n) is 10.5. The van der Waals surface area contributed by atoms with Gasteiger partial charge in [0.1, 0.15) is 18.4 Å². The lowest BCUT2D eigenvalue weighted by Gasteiger charge is -2.27. The summed E-state index contributed by atoms with van der Waals surface area (Å²) < 4.78 is 35.9. The van der Waals surface area contributed by atoms with Crippen LogP contribution in [0.25, 0.3) is 0 Å². The number of sulfonamides is 1. The number of aliphatic carboxylic acids is 1. The van der Waals surface area contributed by atoms with Gasteiger partial charge in [0.2, 0.25) is 16.0 Å². The minimum atomic E-state index is -3.49. The first-order chi connectivity index (χ1) is 16.9. The van der Waals surface area contributed by atoms with Crippen LogP contribution in [-0.2, 0) is 26.8 Å². The lowest BCUT2D eigenvalue weighted by molar-refractivity contribution is -0.139. The highest BCUT2D eigenvalue weighted by Gasteiger charge is 2.26. The number of hydrogen-bond acceptors (Lipinski definition) is 8. The molecule has 10 nitrogen and oxygen atoms in total. The molecule has 1 heterocycles. The molecule has 0 atom stereocenters. The molecule has 0 aliphatic heterocycles. The van der Waals surface area contributed by atoms with E-state index in [-0.39, 0.29) is 28.9 Å². The lowest BCUT2D eigenvalue weighted by Crippen LogP contribution is -2.19. The van der Waals surface area contributed by atoms with Gasteiger partial charge in [-0.1, -0.05) is 37.6 Å². The first kappa shape index (κ1) is 26.7. The van der Waals surface area contributed by atoms with Crippen LogP contribution < -0.4 is 14.2 Å². The van der Waals surface area contributed by atoms with Crippen molar-refractivity contribution in [2.45, 2.75) is 25.9 Å². The minimum Gasteiger partial charge on any atom is -0.487 e. The maximum atomic E-state index is 11.4. The van der Waals surface area contributed by atoms with E-state index in [4.69, 9.17) is 26.2 Å². The largest absolute Gasteiger partial charge is 0.487 e. The van der Waals surface area contributed by atoms with Crippen molar-refractivity contribution in [3.63, 3.8) is 0 Å². The van der Waals surface area contributed by atoms with Crippen LogP contribution >= 0.6 is 11.6 Å². The lowest BCUT2D eigenvalue weighted by atomic mass is 9.77. The van der Waals surface area contributed by atoms with Gasteiger partial charge < -0.3 is 14.6 Å². The molecule has 0 saturated carbocycles. The molecule has 0 aliphatic carbocycles. The average Bonchev–Trinajstić information content (AvgIpc) is 2.80. The quantitative estimate of drug-likeness (QED) is 0.399. The Labute approximate surface area is 213 Å². The number of carbonyl (C=O) groups is 1. The van der Waals surface area contributed by atoms with Crippen LogP contribution in [0.3, 0.4) is 0 Å². The maximum Gasteiger partial charge on any atom is 0.341 e. The number of nitrogens with zero attached hydrogens (tertiary/aromatic N) is 3. The van der Waals surface area contributed by atoms with Crippen LogP contribution in [0.2, 0.25) is 5.02 Å². The number of ether oxygens (including phenoxy) is 2. The van der Waals surface area contributed by atoms with E-state index in [1.165, 1.54) is 6.20 Å². The average molecular weight is 531 g/mol. The summed E-state index contributed by atoms with van der Waals surface area (Å²) in [6.07, 6.45) is 2.45. The Morgan fingerprint density at radius 3 is 2.47 bits per heavy atom. The first-order valence-corrected chi connectivity index (χ1v) is 12.8. The van der Waals surface area contributed by atoms with Gasteiger partial charge in [0.15, 0.2) is 12.4 Å². The molecule has 0 fully saturated rings. The number of halogens is 1. The van der Waals surface area contributed by atoms with Gasteiger partial charge in [-0.25, -0.2) is 23.2 Å². The predicted octanol–water partition coefficient (Wildman–Crippen LogP) is 3.74. The summed E-state index contributed by atoms with van der Waals surface area (Å²) in [7, 11) is -3.49. The number of carboxylic acid groups (broad SMARTS) is 1. The van der Waals surface area contributed by atoms with Crippen molar-refractivity contribution in [3.05, 3.63) is 76.1 Å². The van der Waals surface area contributed by atoms with Gasteiger partial charge in [-0.2, -0.15) is 5.26 Å². The van der Waals surface area contributed by atoms with E-state index in [0.29, 0.717) is 11.4 Å². The highest BCUT2D eigenvalue weighted by Crippen LogP contribution is 2.38. The summed E-state index contributed by atoms with van der Waals surface area (Å²) in [6, 6.07) is 14.2. The fourth-order valence-corrected chi connectivity index (χ4v) is 4.01. The Morgan fingerprint density at radius 2 is 1.86 bits per heavy atom. The second-order valence-electron chi connectivity index (χ2n) is 8.31.